The quantitative estimate of drug-likeness (QED) is 0.781. The molecule has 1 saturated carbocycles. The maximum Gasteiger partial charge on any atom is 0.230 e. The molecule has 1 aromatic rings. The van der Waals surface area contributed by atoms with E-state index < -0.39 is 0 Å². The van der Waals surface area contributed by atoms with Crippen LogP contribution in [0.5, 0.6) is 0 Å². The van der Waals surface area contributed by atoms with Crippen molar-refractivity contribution in [2.24, 2.45) is 5.41 Å². The van der Waals surface area contributed by atoms with Crippen LogP contribution in [0.3, 0.4) is 0 Å². The molecule has 1 aromatic heterocycles. The lowest BCUT2D eigenvalue weighted by Crippen LogP contribution is -2.53. The summed E-state index contributed by atoms with van der Waals surface area (Å²) >= 11 is 0. The van der Waals surface area contributed by atoms with E-state index in [2.05, 4.69) is 19.4 Å². The van der Waals surface area contributed by atoms with E-state index in [1.165, 1.54) is 37.8 Å². The fraction of sp³-hybridized carbons (Fsp3) is 0.800. The number of carbonyl (C=O) groups is 1. The summed E-state index contributed by atoms with van der Waals surface area (Å²) in [5.41, 5.74) is 1.09. The molecule has 4 rings (SSSR count). The Bertz CT molecular complexity index is 625. The van der Waals surface area contributed by atoms with Gasteiger partial charge in [-0.15, -0.1) is 0 Å². The molecule has 1 atom stereocenters. The minimum absolute atomic E-state index is 0.127. The molecule has 0 N–H and O–H groups in total. The van der Waals surface area contributed by atoms with Crippen LogP contribution in [-0.4, -0.2) is 64.7 Å². The van der Waals surface area contributed by atoms with Crippen molar-refractivity contribution >= 4 is 5.91 Å². The average Bonchev–Trinajstić information content (AvgIpc) is 3.39. The average molecular weight is 361 g/mol. The van der Waals surface area contributed by atoms with Crippen molar-refractivity contribution in [3.63, 3.8) is 0 Å². The number of nitrogens with zero attached hydrogens (tertiary/aromatic N) is 4. The molecule has 1 aliphatic carbocycles. The minimum Gasteiger partial charge on any atom is -0.383 e. The second kappa shape index (κ2) is 7.69. The summed E-state index contributed by atoms with van der Waals surface area (Å²) in [4.78, 5) is 22.4. The Hall–Kier alpha value is -1.40. The van der Waals surface area contributed by atoms with Gasteiger partial charge in [0.15, 0.2) is 0 Å². The highest BCUT2D eigenvalue weighted by Gasteiger charge is 2.49. The van der Waals surface area contributed by atoms with Gasteiger partial charge in [-0.05, 0) is 38.6 Å². The highest BCUT2D eigenvalue weighted by Crippen LogP contribution is 2.42. The summed E-state index contributed by atoms with van der Waals surface area (Å²) in [6, 6.07) is 0.518. The lowest BCUT2D eigenvalue weighted by molar-refractivity contribution is -0.148. The zero-order valence-corrected chi connectivity index (χ0v) is 16.0. The summed E-state index contributed by atoms with van der Waals surface area (Å²) in [5, 5.41) is 0. The van der Waals surface area contributed by atoms with Gasteiger partial charge in [0, 0.05) is 45.5 Å². The Labute approximate surface area is 156 Å². The molecule has 2 saturated heterocycles. The third-order valence-corrected chi connectivity index (χ3v) is 6.69. The van der Waals surface area contributed by atoms with E-state index >= 15 is 0 Å². The van der Waals surface area contributed by atoms with E-state index in [1.54, 1.807) is 7.11 Å². The van der Waals surface area contributed by atoms with Crippen LogP contribution in [0.2, 0.25) is 0 Å². The number of ether oxygens (including phenoxy) is 1. The lowest BCUT2D eigenvalue weighted by Gasteiger charge is -2.42. The molecule has 1 amide bonds. The molecule has 0 aromatic carbocycles. The van der Waals surface area contributed by atoms with Crippen molar-refractivity contribution in [3.05, 3.63) is 18.2 Å². The predicted octanol–water partition coefficient (Wildman–Crippen LogP) is 2.29. The first-order chi connectivity index (χ1) is 12.7. The number of hydrogen-bond acceptors (Lipinski definition) is 4. The summed E-state index contributed by atoms with van der Waals surface area (Å²) in [5.74, 6) is 0.450. The van der Waals surface area contributed by atoms with Crippen LogP contribution in [0.1, 0.15) is 50.6 Å². The van der Waals surface area contributed by atoms with Crippen LogP contribution in [0.4, 0.5) is 0 Å². The molecular weight excluding hydrogens is 328 g/mol. The van der Waals surface area contributed by atoms with Gasteiger partial charge in [0.1, 0.15) is 0 Å². The van der Waals surface area contributed by atoms with Gasteiger partial charge in [0.2, 0.25) is 5.91 Å². The van der Waals surface area contributed by atoms with Crippen LogP contribution >= 0.6 is 0 Å². The van der Waals surface area contributed by atoms with Crippen molar-refractivity contribution < 1.29 is 9.53 Å². The molecule has 1 spiro atoms. The number of likely N-dealkylation sites (tertiary alicyclic amines) is 2. The van der Waals surface area contributed by atoms with Crippen molar-refractivity contribution in [2.45, 2.75) is 64.1 Å². The number of imidazole rings is 1. The number of aromatic nitrogens is 2. The number of carbonyl (C=O) groups excluding carboxylic acids is 1. The fourth-order valence-electron chi connectivity index (χ4n) is 5.24. The second-order valence-electron chi connectivity index (χ2n) is 8.35. The normalized spacial score (nSPS) is 27.9. The first kappa shape index (κ1) is 18.0. The Morgan fingerprint density at radius 1 is 1.23 bits per heavy atom. The summed E-state index contributed by atoms with van der Waals surface area (Å²) in [6.07, 6.45) is 12.1. The van der Waals surface area contributed by atoms with E-state index in [4.69, 9.17) is 4.74 Å². The summed E-state index contributed by atoms with van der Waals surface area (Å²) < 4.78 is 7.36. The molecule has 0 unspecified atom stereocenters. The number of piperidine rings is 1. The van der Waals surface area contributed by atoms with Gasteiger partial charge in [-0.2, -0.15) is 0 Å². The molecule has 3 aliphatic rings. The molecule has 3 heterocycles. The van der Waals surface area contributed by atoms with Gasteiger partial charge in [0.25, 0.3) is 0 Å². The van der Waals surface area contributed by atoms with Crippen molar-refractivity contribution in [2.75, 3.05) is 33.4 Å². The standard InChI is InChI=1S/C20H32N4O2/c1-26-12-11-23-16-21-13-18(23)14-22-10-8-20(15-22)7-4-9-24(19(20)25)17-5-2-3-6-17/h13,16-17H,2-12,14-15H2,1H3/t20-/m1/s1. The molecule has 3 fully saturated rings. The first-order valence-corrected chi connectivity index (χ1v) is 10.2. The Balaban J connectivity index is 1.41. The molecule has 6 nitrogen and oxygen atoms in total. The lowest BCUT2D eigenvalue weighted by atomic mass is 9.77. The van der Waals surface area contributed by atoms with E-state index in [0.717, 1.165) is 45.6 Å². The van der Waals surface area contributed by atoms with Crippen LogP contribution in [0, 0.1) is 5.41 Å². The monoisotopic (exact) mass is 360 g/mol. The topological polar surface area (TPSA) is 50.6 Å². The second-order valence-corrected chi connectivity index (χ2v) is 8.35. The summed E-state index contributed by atoms with van der Waals surface area (Å²) in [6.45, 7) is 5.31. The van der Waals surface area contributed by atoms with Gasteiger partial charge >= 0.3 is 0 Å². The zero-order valence-electron chi connectivity index (χ0n) is 16.0. The Morgan fingerprint density at radius 2 is 2.08 bits per heavy atom. The SMILES string of the molecule is COCCn1cncc1CN1CC[C@]2(CCCN(C3CCCC3)C2=O)C1. The van der Waals surface area contributed by atoms with Gasteiger partial charge in [-0.1, -0.05) is 12.8 Å². The number of rotatable bonds is 6. The van der Waals surface area contributed by atoms with E-state index in [1.807, 2.05) is 12.5 Å². The van der Waals surface area contributed by atoms with Crippen molar-refractivity contribution in [3.8, 4) is 0 Å². The maximum absolute atomic E-state index is 13.4. The van der Waals surface area contributed by atoms with Crippen LogP contribution in [0.15, 0.2) is 12.5 Å². The van der Waals surface area contributed by atoms with Crippen molar-refractivity contribution in [1.82, 2.24) is 19.4 Å². The van der Waals surface area contributed by atoms with Gasteiger partial charge < -0.3 is 14.2 Å². The fourth-order valence-corrected chi connectivity index (χ4v) is 5.24. The molecule has 6 heteroatoms. The van der Waals surface area contributed by atoms with Gasteiger partial charge in [-0.25, -0.2) is 4.98 Å². The Kier molecular flexibility index (Phi) is 5.32. The highest BCUT2D eigenvalue weighted by atomic mass is 16.5. The number of amides is 1. The van der Waals surface area contributed by atoms with Crippen LogP contribution < -0.4 is 0 Å². The van der Waals surface area contributed by atoms with Crippen LogP contribution in [-0.2, 0) is 22.6 Å². The molecule has 2 aliphatic heterocycles. The van der Waals surface area contributed by atoms with Crippen molar-refractivity contribution in [1.29, 1.82) is 0 Å². The van der Waals surface area contributed by atoms with E-state index in [9.17, 15) is 4.79 Å². The molecule has 144 valence electrons. The molecule has 0 radical (unpaired) electrons. The largest absolute Gasteiger partial charge is 0.383 e. The number of methoxy groups -OCH3 is 1. The van der Waals surface area contributed by atoms with Crippen LogP contribution in [0.25, 0.3) is 0 Å². The van der Waals surface area contributed by atoms with E-state index in [0.29, 0.717) is 18.6 Å². The number of hydrogen-bond donors (Lipinski definition) is 0. The third kappa shape index (κ3) is 3.41. The third-order valence-electron chi connectivity index (χ3n) is 6.69. The minimum atomic E-state index is -0.127. The molecule has 26 heavy (non-hydrogen) atoms. The predicted molar refractivity (Wildman–Crippen MR) is 99.6 cm³/mol. The van der Waals surface area contributed by atoms with E-state index in [-0.39, 0.29) is 5.41 Å². The summed E-state index contributed by atoms with van der Waals surface area (Å²) in [7, 11) is 1.73. The smallest absolute Gasteiger partial charge is 0.230 e. The Morgan fingerprint density at radius 3 is 2.88 bits per heavy atom. The van der Waals surface area contributed by atoms with Gasteiger partial charge in [0.05, 0.1) is 24.0 Å². The molecular formula is C20H32N4O2. The highest BCUT2D eigenvalue weighted by molar-refractivity contribution is 5.84. The molecule has 0 bridgehead atoms. The zero-order chi connectivity index (χ0) is 18.0. The first-order valence-electron chi connectivity index (χ1n) is 10.2. The maximum atomic E-state index is 13.4. The van der Waals surface area contributed by atoms with Gasteiger partial charge in [-0.3, -0.25) is 9.69 Å².